The molecule has 39 heavy (non-hydrogen) atoms. The molecule has 7 nitrogen and oxygen atoms in total. The molecule has 1 unspecified atom stereocenters. The van der Waals surface area contributed by atoms with E-state index in [4.69, 9.17) is 0 Å². The summed E-state index contributed by atoms with van der Waals surface area (Å²) in [6.07, 6.45) is 7.55. The van der Waals surface area contributed by atoms with Crippen LogP contribution in [0.5, 0.6) is 0 Å². The maximum absolute atomic E-state index is 10.5. The van der Waals surface area contributed by atoms with Crippen molar-refractivity contribution >= 4 is 40.9 Å². The molecule has 7 heteroatoms. The minimum Gasteiger partial charge on any atom is -0.506 e. The number of aliphatic hydroxyl groups excluding tert-OH is 5. The van der Waals surface area contributed by atoms with Crippen molar-refractivity contribution in [3.63, 3.8) is 0 Å². The molecule has 1 heterocycles. The molecule has 202 valence electrons. The number of aliphatic hydroxyl groups is 5. The maximum atomic E-state index is 10.5. The molecule has 1 aromatic heterocycles. The third kappa shape index (κ3) is 5.09. The van der Waals surface area contributed by atoms with Crippen LogP contribution < -0.4 is 15.6 Å². The number of hydrogen-bond donors (Lipinski definition) is 5. The normalized spacial score (nSPS) is 16.6. The minimum absolute atomic E-state index is 0.161. The molecule has 3 aromatic rings. The van der Waals surface area contributed by atoms with E-state index in [2.05, 4.69) is 55.9 Å². The summed E-state index contributed by atoms with van der Waals surface area (Å²) in [7, 11) is 2.10. The van der Waals surface area contributed by atoms with Crippen LogP contribution in [0.25, 0.3) is 35.2 Å². The summed E-state index contributed by atoms with van der Waals surface area (Å²) < 4.78 is 1.53. The van der Waals surface area contributed by atoms with E-state index in [1.54, 1.807) is 6.08 Å². The molecule has 2 aromatic carbocycles. The standard InChI is InChI=1S/C21H19NO5.C11H15N/c1-3-11-7-8-12-5-4-6-13-17(12)16(11)10(2)22(13)18-14(23)9-15(24)19(25)21(27)20(18)26;1-3-4-10-12(2)11-8-6-5-7-9-11/h3,6-9,15,23-27H,1-2,4-5H2;3,5-9H,1,4,10H2,2H3. The first kappa shape index (κ1) is 27.4. The Bertz CT molecular complexity index is 1630. The molecule has 0 amide bonds. The zero-order valence-corrected chi connectivity index (χ0v) is 22.0. The molecule has 0 fully saturated rings. The smallest absolute Gasteiger partial charge is 0.201 e. The monoisotopic (exact) mass is 526 g/mol. The van der Waals surface area contributed by atoms with Crippen LogP contribution in [0.15, 0.2) is 90.8 Å². The topological polar surface area (TPSA) is 109 Å². The van der Waals surface area contributed by atoms with Gasteiger partial charge in [0.25, 0.3) is 0 Å². The molecule has 0 saturated heterocycles. The largest absolute Gasteiger partial charge is 0.506 e. The predicted octanol–water partition coefficient (Wildman–Crippen LogP) is 4.99. The number of rotatable bonds is 6. The van der Waals surface area contributed by atoms with E-state index in [1.165, 1.54) is 10.3 Å². The first-order valence-electron chi connectivity index (χ1n) is 12.7. The Kier molecular flexibility index (Phi) is 8.02. The van der Waals surface area contributed by atoms with E-state index in [1.807, 2.05) is 30.4 Å². The quantitative estimate of drug-likeness (QED) is 0.290. The molecule has 0 spiro atoms. The highest BCUT2D eigenvalue weighted by atomic mass is 16.4. The first-order valence-corrected chi connectivity index (χ1v) is 12.7. The van der Waals surface area contributed by atoms with Crippen molar-refractivity contribution in [3.8, 4) is 0 Å². The molecular weight excluding hydrogens is 492 g/mol. The van der Waals surface area contributed by atoms with Gasteiger partial charge in [0.1, 0.15) is 17.6 Å². The Balaban J connectivity index is 0.000000247. The van der Waals surface area contributed by atoms with Crippen LogP contribution in [-0.2, 0) is 6.42 Å². The fourth-order valence-corrected chi connectivity index (χ4v) is 4.95. The van der Waals surface area contributed by atoms with Gasteiger partial charge in [-0.2, -0.15) is 0 Å². The number of benzene rings is 2. The van der Waals surface area contributed by atoms with E-state index in [0.29, 0.717) is 10.7 Å². The number of nitrogens with zero attached hydrogens (tertiary/aromatic N) is 2. The summed E-state index contributed by atoms with van der Waals surface area (Å²) >= 11 is 0. The lowest BCUT2D eigenvalue weighted by Crippen LogP contribution is -2.28. The Morgan fingerprint density at radius 3 is 2.38 bits per heavy atom. The van der Waals surface area contributed by atoms with Gasteiger partial charge in [-0.15, -0.1) is 6.58 Å². The second-order valence-corrected chi connectivity index (χ2v) is 9.44. The highest BCUT2D eigenvalue weighted by Gasteiger charge is 2.29. The maximum Gasteiger partial charge on any atom is 0.201 e. The van der Waals surface area contributed by atoms with Gasteiger partial charge in [0.15, 0.2) is 11.5 Å². The van der Waals surface area contributed by atoms with Crippen molar-refractivity contribution in [2.24, 2.45) is 0 Å². The van der Waals surface area contributed by atoms with Gasteiger partial charge >= 0.3 is 0 Å². The second kappa shape index (κ2) is 11.4. The van der Waals surface area contributed by atoms with Crippen molar-refractivity contribution in [2.75, 3.05) is 18.5 Å². The van der Waals surface area contributed by atoms with Gasteiger partial charge < -0.3 is 35.0 Å². The van der Waals surface area contributed by atoms with E-state index < -0.39 is 29.1 Å². The molecule has 2 aliphatic carbocycles. The molecule has 2 aliphatic rings. The molecule has 1 atom stereocenters. The summed E-state index contributed by atoms with van der Waals surface area (Å²) in [4.78, 5) is 2.22. The van der Waals surface area contributed by atoms with Gasteiger partial charge in [0, 0.05) is 35.4 Å². The minimum atomic E-state index is -1.65. The molecular formula is C32H34N2O5. The van der Waals surface area contributed by atoms with Crippen LogP contribution in [0.4, 0.5) is 5.69 Å². The average Bonchev–Trinajstić information content (AvgIpc) is 3.21. The summed E-state index contributed by atoms with van der Waals surface area (Å²) in [6, 6.07) is 14.3. The summed E-state index contributed by atoms with van der Waals surface area (Å²) in [5.74, 6) is -2.98. The first-order chi connectivity index (χ1) is 18.7. The van der Waals surface area contributed by atoms with Crippen LogP contribution in [-0.4, -0.2) is 49.8 Å². The fourth-order valence-electron chi connectivity index (χ4n) is 4.95. The molecule has 0 radical (unpaired) electrons. The summed E-state index contributed by atoms with van der Waals surface area (Å²) in [5.41, 5.74) is 3.07. The Morgan fingerprint density at radius 2 is 1.72 bits per heavy atom. The van der Waals surface area contributed by atoms with E-state index in [0.717, 1.165) is 53.8 Å². The molecule has 0 saturated carbocycles. The van der Waals surface area contributed by atoms with Crippen LogP contribution in [0.3, 0.4) is 0 Å². The van der Waals surface area contributed by atoms with E-state index >= 15 is 0 Å². The number of allylic oxidation sites excluding steroid dienone is 1. The van der Waals surface area contributed by atoms with Gasteiger partial charge in [0.05, 0.1) is 5.35 Å². The molecule has 0 aliphatic heterocycles. The van der Waals surface area contributed by atoms with Crippen LogP contribution in [0.2, 0.25) is 0 Å². The average molecular weight is 527 g/mol. The van der Waals surface area contributed by atoms with Crippen molar-refractivity contribution < 1.29 is 25.5 Å². The third-order valence-electron chi connectivity index (χ3n) is 6.97. The number of hydrogen-bond acceptors (Lipinski definition) is 6. The highest BCUT2D eigenvalue weighted by molar-refractivity contribution is 5.96. The Labute approximate surface area is 227 Å². The lowest BCUT2D eigenvalue weighted by molar-refractivity contribution is 0.170. The van der Waals surface area contributed by atoms with Crippen molar-refractivity contribution in [1.82, 2.24) is 4.57 Å². The van der Waals surface area contributed by atoms with Crippen LogP contribution in [0.1, 0.15) is 24.0 Å². The fraction of sp³-hybridized carbons (Fsp3) is 0.188. The van der Waals surface area contributed by atoms with Crippen molar-refractivity contribution in [3.05, 3.63) is 113 Å². The Hall–Kier alpha value is -4.62. The zero-order chi connectivity index (χ0) is 28.3. The number of aromatic nitrogens is 1. The molecule has 0 bridgehead atoms. The number of para-hydroxylation sites is 1. The van der Waals surface area contributed by atoms with Crippen LogP contribution in [0, 0.1) is 0 Å². The Morgan fingerprint density at radius 1 is 1.00 bits per heavy atom. The van der Waals surface area contributed by atoms with Gasteiger partial charge in [-0.25, -0.2) is 0 Å². The summed E-state index contributed by atoms with van der Waals surface area (Å²) in [6.45, 7) is 12.7. The summed E-state index contributed by atoms with van der Waals surface area (Å²) in [5, 5.41) is 53.8. The third-order valence-corrected chi connectivity index (χ3v) is 6.97. The van der Waals surface area contributed by atoms with E-state index in [9.17, 15) is 25.5 Å². The lowest BCUT2D eigenvalue weighted by Gasteiger charge is -2.17. The SMILES string of the molecule is C=CCCN(C)c1ccccc1.C=Cc1ccc2c3c(n(C4=C(O)C(O)=C(O)C(O)C=C4O)c(=C)c13)=CCC2. The highest BCUT2D eigenvalue weighted by Crippen LogP contribution is 2.29. The van der Waals surface area contributed by atoms with Gasteiger partial charge in [-0.05, 0) is 48.6 Å². The van der Waals surface area contributed by atoms with Gasteiger partial charge in [0.2, 0.25) is 5.76 Å². The lowest BCUT2D eigenvalue weighted by atomic mass is 9.96. The number of aryl methyl sites for hydroxylation is 1. The van der Waals surface area contributed by atoms with Crippen molar-refractivity contribution in [1.29, 1.82) is 0 Å². The van der Waals surface area contributed by atoms with Crippen LogP contribution >= 0.6 is 0 Å². The predicted molar refractivity (Wildman–Crippen MR) is 159 cm³/mol. The second-order valence-electron chi connectivity index (χ2n) is 9.44. The number of anilines is 1. The van der Waals surface area contributed by atoms with Gasteiger partial charge in [-0.1, -0.05) is 61.7 Å². The molecule has 5 N–H and O–H groups in total. The van der Waals surface area contributed by atoms with Crippen molar-refractivity contribution in [2.45, 2.75) is 25.4 Å². The zero-order valence-electron chi connectivity index (χ0n) is 22.0. The van der Waals surface area contributed by atoms with Gasteiger partial charge in [-0.3, -0.25) is 0 Å². The molecule has 5 rings (SSSR count). The van der Waals surface area contributed by atoms with E-state index in [-0.39, 0.29) is 5.70 Å².